The highest BCUT2D eigenvalue weighted by Crippen LogP contribution is 2.23. The van der Waals surface area contributed by atoms with E-state index in [0.29, 0.717) is 47.7 Å². The Labute approximate surface area is 183 Å². The number of carbonyl (C=O) groups is 2. The monoisotopic (exact) mass is 444 g/mol. The van der Waals surface area contributed by atoms with Crippen LogP contribution in [-0.4, -0.2) is 49.1 Å². The van der Waals surface area contributed by atoms with E-state index in [2.05, 4.69) is 5.32 Å². The van der Waals surface area contributed by atoms with Crippen LogP contribution in [0.2, 0.25) is 0 Å². The molecule has 2 aromatic carbocycles. The van der Waals surface area contributed by atoms with Crippen LogP contribution in [0.1, 0.15) is 16.8 Å². The standard InChI is InChI=1S/C22H24N2O6S/c1-28-14-11-23-20(25)15-31-19-10-5-2-7-16(19)21(26)29-13-6-12-24-17-8-3-4-9-18(17)30-22(24)27/h2-5,7-10H,6,11-15H2,1H3,(H,23,25). The van der Waals surface area contributed by atoms with Gasteiger partial charge in [0.1, 0.15) is 0 Å². The van der Waals surface area contributed by atoms with E-state index >= 15 is 0 Å². The van der Waals surface area contributed by atoms with Crippen molar-refractivity contribution in [2.75, 3.05) is 32.6 Å². The fourth-order valence-corrected chi connectivity index (χ4v) is 3.81. The van der Waals surface area contributed by atoms with Crippen LogP contribution >= 0.6 is 11.8 Å². The van der Waals surface area contributed by atoms with E-state index < -0.39 is 11.7 Å². The zero-order valence-electron chi connectivity index (χ0n) is 17.2. The van der Waals surface area contributed by atoms with E-state index in [4.69, 9.17) is 13.9 Å². The molecule has 3 rings (SSSR count). The SMILES string of the molecule is COCCNC(=O)CSc1ccccc1C(=O)OCCCn1c(=O)oc2ccccc21. The largest absolute Gasteiger partial charge is 0.462 e. The number of aryl methyl sites for hydroxylation is 1. The molecule has 0 aliphatic rings. The number of methoxy groups -OCH3 is 1. The number of hydrogen-bond acceptors (Lipinski definition) is 7. The number of benzene rings is 2. The lowest BCUT2D eigenvalue weighted by Gasteiger charge is -2.10. The van der Waals surface area contributed by atoms with Crippen molar-refractivity contribution in [3.8, 4) is 0 Å². The van der Waals surface area contributed by atoms with Crippen LogP contribution in [0.4, 0.5) is 0 Å². The number of esters is 1. The smallest absolute Gasteiger partial charge is 0.419 e. The van der Waals surface area contributed by atoms with Crippen molar-refractivity contribution in [2.45, 2.75) is 17.9 Å². The predicted octanol–water partition coefficient (Wildman–Crippen LogP) is 2.70. The zero-order valence-corrected chi connectivity index (χ0v) is 18.0. The molecule has 0 radical (unpaired) electrons. The first-order valence-corrected chi connectivity index (χ1v) is 10.8. The Morgan fingerprint density at radius 1 is 1.10 bits per heavy atom. The molecule has 3 aromatic rings. The quantitative estimate of drug-likeness (QED) is 0.276. The zero-order chi connectivity index (χ0) is 22.1. The van der Waals surface area contributed by atoms with Gasteiger partial charge in [-0.1, -0.05) is 24.3 Å². The van der Waals surface area contributed by atoms with Gasteiger partial charge in [-0.3, -0.25) is 9.36 Å². The molecule has 8 nitrogen and oxygen atoms in total. The number of carbonyl (C=O) groups excluding carboxylic acids is 2. The number of rotatable bonds is 11. The van der Waals surface area contributed by atoms with Gasteiger partial charge in [-0.15, -0.1) is 11.8 Å². The number of ether oxygens (including phenoxy) is 2. The van der Waals surface area contributed by atoms with E-state index in [1.54, 1.807) is 43.5 Å². The van der Waals surface area contributed by atoms with Gasteiger partial charge in [0, 0.05) is 25.1 Å². The molecule has 0 bridgehead atoms. The first kappa shape index (κ1) is 22.6. The number of fused-ring (bicyclic) bond motifs is 1. The molecular formula is C22H24N2O6S. The normalized spacial score (nSPS) is 10.9. The summed E-state index contributed by atoms with van der Waals surface area (Å²) in [5.41, 5.74) is 1.65. The summed E-state index contributed by atoms with van der Waals surface area (Å²) in [7, 11) is 1.57. The maximum Gasteiger partial charge on any atom is 0.419 e. The Kier molecular flexibility index (Phi) is 8.31. The minimum Gasteiger partial charge on any atom is -0.462 e. The van der Waals surface area contributed by atoms with Gasteiger partial charge in [0.15, 0.2) is 5.58 Å². The summed E-state index contributed by atoms with van der Waals surface area (Å²) in [6.07, 6.45) is 0.465. The summed E-state index contributed by atoms with van der Waals surface area (Å²) < 4.78 is 17.0. The van der Waals surface area contributed by atoms with E-state index in [1.165, 1.54) is 16.3 Å². The van der Waals surface area contributed by atoms with Crippen molar-refractivity contribution < 1.29 is 23.5 Å². The van der Waals surface area contributed by atoms with Gasteiger partial charge in [-0.25, -0.2) is 9.59 Å². The number of hydrogen-bond donors (Lipinski definition) is 1. The van der Waals surface area contributed by atoms with Crippen molar-refractivity contribution in [2.24, 2.45) is 0 Å². The Morgan fingerprint density at radius 2 is 1.87 bits per heavy atom. The van der Waals surface area contributed by atoms with Crippen LogP contribution in [0.25, 0.3) is 11.1 Å². The fraction of sp³-hybridized carbons (Fsp3) is 0.318. The number of para-hydroxylation sites is 2. The lowest BCUT2D eigenvalue weighted by Crippen LogP contribution is -2.28. The fourth-order valence-electron chi connectivity index (χ4n) is 2.94. The van der Waals surface area contributed by atoms with E-state index in [-0.39, 0.29) is 18.3 Å². The topological polar surface area (TPSA) is 99.8 Å². The van der Waals surface area contributed by atoms with E-state index in [1.807, 2.05) is 12.1 Å². The summed E-state index contributed by atoms with van der Waals surface area (Å²) >= 11 is 1.27. The molecule has 31 heavy (non-hydrogen) atoms. The number of nitrogens with zero attached hydrogens (tertiary/aromatic N) is 1. The van der Waals surface area contributed by atoms with Crippen LogP contribution in [0.5, 0.6) is 0 Å². The molecule has 1 heterocycles. The minimum atomic E-state index is -0.465. The van der Waals surface area contributed by atoms with Crippen molar-refractivity contribution >= 4 is 34.7 Å². The lowest BCUT2D eigenvalue weighted by molar-refractivity contribution is -0.118. The summed E-state index contributed by atoms with van der Waals surface area (Å²) in [6, 6.07) is 14.2. The van der Waals surface area contributed by atoms with Gasteiger partial charge in [0.25, 0.3) is 0 Å². The average molecular weight is 445 g/mol. The van der Waals surface area contributed by atoms with Gasteiger partial charge < -0.3 is 19.2 Å². The molecule has 0 saturated heterocycles. The van der Waals surface area contributed by atoms with Crippen molar-refractivity contribution in [3.05, 3.63) is 64.6 Å². The molecule has 0 atom stereocenters. The van der Waals surface area contributed by atoms with Gasteiger partial charge >= 0.3 is 11.7 Å². The number of thioether (sulfide) groups is 1. The Morgan fingerprint density at radius 3 is 2.71 bits per heavy atom. The summed E-state index contributed by atoms with van der Waals surface area (Å²) in [4.78, 5) is 37.1. The number of nitrogens with one attached hydrogen (secondary N) is 1. The molecule has 0 aliphatic heterocycles. The molecule has 1 amide bonds. The van der Waals surface area contributed by atoms with Gasteiger partial charge in [0.05, 0.1) is 30.0 Å². The minimum absolute atomic E-state index is 0.136. The Balaban J connectivity index is 1.51. The predicted molar refractivity (Wildman–Crippen MR) is 117 cm³/mol. The molecule has 0 unspecified atom stereocenters. The summed E-state index contributed by atoms with van der Waals surface area (Å²) in [5.74, 6) is -0.849. The molecule has 164 valence electrons. The third kappa shape index (κ3) is 6.22. The maximum atomic E-state index is 12.5. The Bertz CT molecular complexity index is 1090. The van der Waals surface area contributed by atoms with Crippen molar-refractivity contribution in [3.63, 3.8) is 0 Å². The summed E-state index contributed by atoms with van der Waals surface area (Å²) in [5, 5.41) is 2.74. The van der Waals surface area contributed by atoms with Crippen molar-refractivity contribution in [1.29, 1.82) is 0 Å². The van der Waals surface area contributed by atoms with Gasteiger partial charge in [0.2, 0.25) is 5.91 Å². The highest BCUT2D eigenvalue weighted by atomic mass is 32.2. The maximum absolute atomic E-state index is 12.5. The van der Waals surface area contributed by atoms with Crippen molar-refractivity contribution in [1.82, 2.24) is 9.88 Å². The molecule has 0 saturated carbocycles. The van der Waals surface area contributed by atoms with Crippen LogP contribution in [0.15, 0.2) is 62.6 Å². The third-order valence-corrected chi connectivity index (χ3v) is 5.50. The Hall–Kier alpha value is -3.04. The van der Waals surface area contributed by atoms with Crippen LogP contribution in [-0.2, 0) is 20.8 Å². The summed E-state index contributed by atoms with van der Waals surface area (Å²) in [6.45, 7) is 1.41. The number of amides is 1. The second-order valence-corrected chi connectivity index (χ2v) is 7.62. The van der Waals surface area contributed by atoms with E-state index in [9.17, 15) is 14.4 Å². The molecule has 9 heteroatoms. The highest BCUT2D eigenvalue weighted by Gasteiger charge is 2.14. The van der Waals surface area contributed by atoms with E-state index in [0.717, 1.165) is 0 Å². The third-order valence-electron chi connectivity index (χ3n) is 4.43. The first-order valence-electron chi connectivity index (χ1n) is 9.83. The lowest BCUT2D eigenvalue weighted by atomic mass is 10.2. The molecule has 1 N–H and O–H groups in total. The molecule has 0 spiro atoms. The van der Waals surface area contributed by atoms with Gasteiger partial charge in [-0.2, -0.15) is 0 Å². The van der Waals surface area contributed by atoms with Gasteiger partial charge in [-0.05, 0) is 30.7 Å². The number of aromatic nitrogens is 1. The molecule has 0 aliphatic carbocycles. The van der Waals surface area contributed by atoms with Crippen LogP contribution in [0, 0.1) is 0 Å². The number of oxazole rings is 1. The van der Waals surface area contributed by atoms with Crippen LogP contribution in [0.3, 0.4) is 0 Å². The average Bonchev–Trinajstić information content (AvgIpc) is 3.10. The highest BCUT2D eigenvalue weighted by molar-refractivity contribution is 8.00. The second-order valence-electron chi connectivity index (χ2n) is 6.60. The molecule has 1 aromatic heterocycles. The second kappa shape index (κ2) is 11.4. The van der Waals surface area contributed by atoms with Crippen LogP contribution < -0.4 is 11.1 Å². The molecule has 0 fully saturated rings. The molecular weight excluding hydrogens is 420 g/mol. The first-order chi connectivity index (χ1) is 15.1.